The third-order valence-electron chi connectivity index (χ3n) is 1.21. The molecule has 0 atom stereocenters. The van der Waals surface area contributed by atoms with Gasteiger partial charge < -0.3 is 0 Å². The molecule has 0 saturated carbocycles. The Kier molecular flexibility index (Phi) is 8.49. The molecule has 0 N–H and O–H groups in total. The van der Waals surface area contributed by atoms with Crippen molar-refractivity contribution in [3.8, 4) is 0 Å². The first-order valence-electron chi connectivity index (χ1n) is 3.82. The van der Waals surface area contributed by atoms with E-state index in [-0.39, 0.29) is 19.5 Å². The van der Waals surface area contributed by atoms with Gasteiger partial charge in [-0.15, -0.1) is 0 Å². The van der Waals surface area contributed by atoms with Crippen LogP contribution in [0.25, 0.3) is 0 Å². The van der Waals surface area contributed by atoms with Crippen LogP contribution in [0.3, 0.4) is 0 Å². The van der Waals surface area contributed by atoms with E-state index in [0.29, 0.717) is 0 Å². The molecule has 0 radical (unpaired) electrons. The molecule has 0 aliphatic carbocycles. The van der Waals surface area contributed by atoms with Gasteiger partial charge in [0.25, 0.3) is 0 Å². The van der Waals surface area contributed by atoms with E-state index in [0.717, 1.165) is 0 Å². The molecule has 0 spiro atoms. The summed E-state index contributed by atoms with van der Waals surface area (Å²) >= 11 is 0. The summed E-state index contributed by atoms with van der Waals surface area (Å²) in [5.41, 5.74) is 0. The van der Waals surface area contributed by atoms with Gasteiger partial charge in [-0.3, -0.25) is 0 Å². The van der Waals surface area contributed by atoms with E-state index in [4.69, 9.17) is 0 Å². The fraction of sp³-hybridized carbons (Fsp3) is 0. The second-order valence-electron chi connectivity index (χ2n) is 2.15. The van der Waals surface area contributed by atoms with Crippen LogP contribution in [-0.4, -0.2) is 0 Å². The van der Waals surface area contributed by atoms with Crippen LogP contribution < -0.4 is 0 Å². The molecule has 0 saturated heterocycles. The Balaban J connectivity index is 0.000000206. The van der Waals surface area contributed by atoms with Gasteiger partial charge >= 0.3 is 19.5 Å². The molecule has 1 heteroatoms. The zero-order chi connectivity index (χ0) is 8.49. The fourth-order valence-corrected chi connectivity index (χ4v) is 0.684. The maximum absolute atomic E-state index is 2.89. The van der Waals surface area contributed by atoms with Crippen LogP contribution in [0.2, 0.25) is 0 Å². The summed E-state index contributed by atoms with van der Waals surface area (Å²) in [6.07, 6.45) is 0. The van der Waals surface area contributed by atoms with Gasteiger partial charge in [0.15, 0.2) is 0 Å². The smallest absolute Gasteiger partial charge is 0.184 e. The minimum absolute atomic E-state index is 0. The first kappa shape index (κ1) is 12.1. The Morgan fingerprint density at radius 1 is 0.462 bits per heavy atom. The molecule has 0 aromatic heterocycles. The van der Waals surface area contributed by atoms with E-state index < -0.39 is 0 Å². The van der Waals surface area contributed by atoms with Crippen LogP contribution in [0, 0.1) is 12.1 Å². The van der Waals surface area contributed by atoms with E-state index in [9.17, 15) is 0 Å². The van der Waals surface area contributed by atoms with Crippen molar-refractivity contribution in [2.24, 2.45) is 0 Å². The van der Waals surface area contributed by atoms with Crippen molar-refractivity contribution in [2.45, 2.75) is 0 Å². The van der Waals surface area contributed by atoms with Gasteiger partial charge in [0.1, 0.15) is 0 Å². The minimum atomic E-state index is 0. The van der Waals surface area contributed by atoms with E-state index in [2.05, 4.69) is 12.1 Å². The Labute approximate surface area is 92.4 Å². The van der Waals surface area contributed by atoms with Crippen LogP contribution in [-0.2, 0) is 19.5 Å². The summed E-state index contributed by atoms with van der Waals surface area (Å²) in [5, 5.41) is 0. The first-order chi connectivity index (χ1) is 6.00. The van der Waals surface area contributed by atoms with E-state index in [1.807, 2.05) is 60.7 Å². The predicted molar refractivity (Wildman–Crippen MR) is 50.6 cm³/mol. The second-order valence-corrected chi connectivity index (χ2v) is 2.15. The van der Waals surface area contributed by atoms with Crippen LogP contribution in [0.1, 0.15) is 0 Å². The predicted octanol–water partition coefficient (Wildman–Crippen LogP) is 2.97. The molecule has 60 valence electrons. The number of hydrogen-bond donors (Lipinski definition) is 0. The van der Waals surface area contributed by atoms with Crippen molar-refractivity contribution >= 4 is 0 Å². The zero-order valence-electron chi connectivity index (χ0n) is 7.48. The molecule has 2 aromatic rings. The van der Waals surface area contributed by atoms with Crippen LogP contribution in [0.4, 0.5) is 0 Å². The van der Waals surface area contributed by atoms with Crippen molar-refractivity contribution in [1.29, 1.82) is 0 Å². The molecular weight excluding hydrogens is 210 g/mol. The second kappa shape index (κ2) is 9.15. The zero-order valence-corrected chi connectivity index (χ0v) is 10.4. The molecule has 0 aliphatic rings. The summed E-state index contributed by atoms with van der Waals surface area (Å²) in [6, 6.07) is 25.0. The molecule has 2 rings (SSSR count). The average Bonchev–Trinajstić information content (AvgIpc) is 2.24. The molecule has 0 bridgehead atoms. The Morgan fingerprint density at radius 3 is 0.846 bits per heavy atom. The van der Waals surface area contributed by atoms with Crippen molar-refractivity contribution in [1.82, 2.24) is 0 Å². The van der Waals surface area contributed by atoms with Gasteiger partial charge in [0, 0.05) is 0 Å². The summed E-state index contributed by atoms with van der Waals surface area (Å²) in [5.74, 6) is 0. The largest absolute Gasteiger partial charge is 2.00 e. The van der Waals surface area contributed by atoms with Gasteiger partial charge in [-0.25, -0.2) is 0 Å². The summed E-state index contributed by atoms with van der Waals surface area (Å²) in [7, 11) is 0. The van der Waals surface area contributed by atoms with E-state index in [1.54, 1.807) is 0 Å². The molecule has 0 heterocycles. The molecular formula is C12H10Zn. The molecule has 0 amide bonds. The first-order valence-corrected chi connectivity index (χ1v) is 3.82. The molecule has 2 aromatic carbocycles. The number of hydrogen-bond acceptors (Lipinski definition) is 0. The van der Waals surface area contributed by atoms with Crippen molar-refractivity contribution in [3.05, 3.63) is 72.8 Å². The Morgan fingerprint density at radius 2 is 0.769 bits per heavy atom. The van der Waals surface area contributed by atoms with Crippen molar-refractivity contribution < 1.29 is 19.5 Å². The quantitative estimate of drug-likeness (QED) is 0.472. The van der Waals surface area contributed by atoms with Crippen molar-refractivity contribution in [3.63, 3.8) is 0 Å². The van der Waals surface area contributed by atoms with E-state index in [1.165, 1.54) is 0 Å². The van der Waals surface area contributed by atoms with Gasteiger partial charge in [-0.1, -0.05) is 0 Å². The summed E-state index contributed by atoms with van der Waals surface area (Å²) in [6.45, 7) is 0. The summed E-state index contributed by atoms with van der Waals surface area (Å²) < 4.78 is 0. The average molecular weight is 220 g/mol. The normalized spacial score (nSPS) is 7.38. The van der Waals surface area contributed by atoms with Gasteiger partial charge in [0.05, 0.1) is 0 Å². The summed E-state index contributed by atoms with van der Waals surface area (Å²) in [4.78, 5) is 0. The van der Waals surface area contributed by atoms with Gasteiger partial charge in [-0.2, -0.15) is 72.8 Å². The van der Waals surface area contributed by atoms with Crippen molar-refractivity contribution in [2.75, 3.05) is 0 Å². The van der Waals surface area contributed by atoms with Crippen LogP contribution >= 0.6 is 0 Å². The van der Waals surface area contributed by atoms with Gasteiger partial charge in [-0.05, 0) is 0 Å². The Bertz CT molecular complexity index is 181. The standard InChI is InChI=1S/2C6H5.Zn/c2*1-2-4-6-5-3-1;/h2*1-5H;/q2*-1;+2. The Hall–Kier alpha value is -0.937. The van der Waals surface area contributed by atoms with Gasteiger partial charge in [0.2, 0.25) is 0 Å². The molecule has 0 nitrogen and oxygen atoms in total. The molecule has 0 aliphatic heterocycles. The maximum Gasteiger partial charge on any atom is 2.00 e. The fourth-order valence-electron chi connectivity index (χ4n) is 0.684. The topological polar surface area (TPSA) is 0 Å². The van der Waals surface area contributed by atoms with Crippen LogP contribution in [0.5, 0.6) is 0 Å². The third-order valence-corrected chi connectivity index (χ3v) is 1.21. The molecule has 13 heavy (non-hydrogen) atoms. The third kappa shape index (κ3) is 7.42. The molecule has 0 unspecified atom stereocenters. The molecule has 0 fully saturated rings. The van der Waals surface area contributed by atoms with Crippen LogP contribution in [0.15, 0.2) is 60.7 Å². The number of rotatable bonds is 0. The maximum atomic E-state index is 2.89. The SMILES string of the molecule is [Zn+2].[c-]1ccccc1.[c-]1ccccc1. The minimum Gasteiger partial charge on any atom is -0.184 e. The van der Waals surface area contributed by atoms with E-state index >= 15 is 0 Å². The number of benzene rings is 2. The monoisotopic (exact) mass is 218 g/mol.